The highest BCUT2D eigenvalue weighted by atomic mass is 16.1. The molecule has 4 fully saturated rings. The number of carbonyl (C=O) groups is 1. The lowest BCUT2D eigenvalue weighted by atomic mass is 9.49. The molecule has 4 rings (SSSR count). The zero-order chi connectivity index (χ0) is 11.0. The third kappa shape index (κ3) is 1.92. The molecular formula is C14H23NO. The highest BCUT2D eigenvalue weighted by Gasteiger charge is 2.50. The van der Waals surface area contributed by atoms with Gasteiger partial charge in [0.05, 0.1) is 0 Å². The molecular weight excluding hydrogens is 198 g/mol. The van der Waals surface area contributed by atoms with Crippen molar-refractivity contribution in [3.8, 4) is 0 Å². The van der Waals surface area contributed by atoms with Crippen molar-refractivity contribution in [2.75, 3.05) is 13.1 Å². The molecule has 0 atom stereocenters. The van der Waals surface area contributed by atoms with Gasteiger partial charge in [-0.15, -0.1) is 0 Å². The molecule has 0 saturated heterocycles. The molecule has 4 bridgehead atoms. The Labute approximate surface area is 98.2 Å². The molecule has 2 nitrogen and oxygen atoms in total. The van der Waals surface area contributed by atoms with Crippen LogP contribution in [-0.4, -0.2) is 19.4 Å². The van der Waals surface area contributed by atoms with E-state index in [1.807, 2.05) is 0 Å². The maximum Gasteiger partial charge on any atom is 0.121 e. The van der Waals surface area contributed by atoms with E-state index in [0.717, 1.165) is 30.6 Å². The quantitative estimate of drug-likeness (QED) is 0.570. The monoisotopic (exact) mass is 221 g/mol. The van der Waals surface area contributed by atoms with Gasteiger partial charge in [0, 0.05) is 19.5 Å². The Bertz CT molecular complexity index is 239. The van der Waals surface area contributed by atoms with Crippen LogP contribution in [0.4, 0.5) is 0 Å². The van der Waals surface area contributed by atoms with Crippen LogP contribution in [0.15, 0.2) is 0 Å². The number of nitrogens with one attached hydrogen (secondary N) is 1. The zero-order valence-corrected chi connectivity index (χ0v) is 10.1. The van der Waals surface area contributed by atoms with Crippen LogP contribution >= 0.6 is 0 Å². The van der Waals surface area contributed by atoms with Crippen molar-refractivity contribution >= 4 is 6.29 Å². The molecule has 0 radical (unpaired) electrons. The first-order chi connectivity index (χ1) is 7.80. The van der Waals surface area contributed by atoms with E-state index in [-0.39, 0.29) is 0 Å². The van der Waals surface area contributed by atoms with Crippen molar-refractivity contribution in [1.29, 1.82) is 0 Å². The smallest absolute Gasteiger partial charge is 0.121 e. The summed E-state index contributed by atoms with van der Waals surface area (Å²) in [7, 11) is 0. The van der Waals surface area contributed by atoms with E-state index < -0.39 is 0 Å². The summed E-state index contributed by atoms with van der Waals surface area (Å²) in [4.78, 5) is 10.3. The van der Waals surface area contributed by atoms with Crippen LogP contribution < -0.4 is 5.32 Å². The number of hydrogen-bond acceptors (Lipinski definition) is 2. The van der Waals surface area contributed by atoms with Gasteiger partial charge >= 0.3 is 0 Å². The molecule has 0 aromatic heterocycles. The van der Waals surface area contributed by atoms with Crippen LogP contribution in [0.1, 0.15) is 44.9 Å². The summed E-state index contributed by atoms with van der Waals surface area (Å²) in [5, 5.41) is 3.51. The van der Waals surface area contributed by atoms with Crippen molar-refractivity contribution in [3.63, 3.8) is 0 Å². The van der Waals surface area contributed by atoms with E-state index in [0.29, 0.717) is 11.8 Å². The summed E-state index contributed by atoms with van der Waals surface area (Å²) in [6, 6.07) is 0. The standard InChI is InChI=1S/C14H23NO/c16-3-1-2-15-10-14-7-11-4-12(8-14)6-13(5-11)9-14/h3,11-13,15H,1-2,4-10H2. The summed E-state index contributed by atoms with van der Waals surface area (Å²) in [5.74, 6) is 3.12. The lowest BCUT2D eigenvalue weighted by molar-refractivity contribution is -0.107. The van der Waals surface area contributed by atoms with Gasteiger partial charge in [0.25, 0.3) is 0 Å². The van der Waals surface area contributed by atoms with Crippen molar-refractivity contribution in [2.45, 2.75) is 44.9 Å². The van der Waals surface area contributed by atoms with Crippen molar-refractivity contribution in [3.05, 3.63) is 0 Å². The van der Waals surface area contributed by atoms with Crippen LogP contribution in [-0.2, 0) is 4.79 Å². The van der Waals surface area contributed by atoms with Gasteiger partial charge in [-0.05, 0) is 61.7 Å². The minimum Gasteiger partial charge on any atom is -0.316 e. The Balaban J connectivity index is 1.58. The molecule has 0 unspecified atom stereocenters. The predicted molar refractivity (Wildman–Crippen MR) is 64.2 cm³/mol. The number of carbonyl (C=O) groups excluding carboxylic acids is 1. The first-order valence-electron chi connectivity index (χ1n) is 6.94. The van der Waals surface area contributed by atoms with E-state index in [4.69, 9.17) is 0 Å². The first kappa shape index (κ1) is 10.8. The van der Waals surface area contributed by atoms with E-state index in [2.05, 4.69) is 5.32 Å². The van der Waals surface area contributed by atoms with Crippen LogP contribution in [0.3, 0.4) is 0 Å². The van der Waals surface area contributed by atoms with Gasteiger partial charge < -0.3 is 10.1 Å². The van der Waals surface area contributed by atoms with Gasteiger partial charge in [0.15, 0.2) is 0 Å². The highest BCUT2D eigenvalue weighted by Crippen LogP contribution is 2.59. The Kier molecular flexibility index (Phi) is 2.78. The zero-order valence-electron chi connectivity index (χ0n) is 10.1. The lowest BCUT2D eigenvalue weighted by Crippen LogP contribution is -2.50. The Morgan fingerprint density at radius 3 is 2.12 bits per heavy atom. The molecule has 0 spiro atoms. The van der Waals surface area contributed by atoms with E-state index in [1.54, 1.807) is 0 Å². The number of hydrogen-bond donors (Lipinski definition) is 1. The second-order valence-electron chi connectivity index (χ2n) is 6.55. The van der Waals surface area contributed by atoms with Crippen LogP contribution in [0, 0.1) is 23.2 Å². The minimum absolute atomic E-state index is 0.623. The van der Waals surface area contributed by atoms with Gasteiger partial charge in [-0.1, -0.05) is 0 Å². The first-order valence-corrected chi connectivity index (χ1v) is 6.94. The molecule has 16 heavy (non-hydrogen) atoms. The lowest BCUT2D eigenvalue weighted by Gasteiger charge is -2.57. The predicted octanol–water partition coefficient (Wildman–Crippen LogP) is 2.38. The average molecular weight is 221 g/mol. The maximum absolute atomic E-state index is 10.3. The molecule has 0 heterocycles. The summed E-state index contributed by atoms with van der Waals surface area (Å²) >= 11 is 0. The second-order valence-corrected chi connectivity index (χ2v) is 6.55. The Hall–Kier alpha value is -0.370. The van der Waals surface area contributed by atoms with E-state index in [1.165, 1.54) is 45.1 Å². The van der Waals surface area contributed by atoms with Gasteiger partial charge in [0.2, 0.25) is 0 Å². The molecule has 4 aliphatic rings. The van der Waals surface area contributed by atoms with Crippen molar-refractivity contribution < 1.29 is 4.79 Å². The van der Waals surface area contributed by atoms with Crippen molar-refractivity contribution in [2.24, 2.45) is 23.2 Å². The summed E-state index contributed by atoms with van der Waals surface area (Å²) in [6.07, 6.45) is 10.7. The highest BCUT2D eigenvalue weighted by molar-refractivity contribution is 5.49. The fourth-order valence-electron chi connectivity index (χ4n) is 5.02. The SMILES string of the molecule is O=CCCNCC12CC3CC(CC(C3)C1)C2. The van der Waals surface area contributed by atoms with Crippen LogP contribution in [0.25, 0.3) is 0 Å². The largest absolute Gasteiger partial charge is 0.316 e. The Morgan fingerprint density at radius 2 is 1.62 bits per heavy atom. The normalized spacial score (nSPS) is 44.9. The topological polar surface area (TPSA) is 29.1 Å². The molecule has 0 amide bonds. The van der Waals surface area contributed by atoms with Gasteiger partial charge in [-0.25, -0.2) is 0 Å². The van der Waals surface area contributed by atoms with Crippen molar-refractivity contribution in [1.82, 2.24) is 5.32 Å². The number of rotatable bonds is 5. The molecule has 4 aliphatic carbocycles. The molecule has 0 aliphatic heterocycles. The molecule has 90 valence electrons. The summed E-state index contributed by atoms with van der Waals surface area (Å²) < 4.78 is 0. The molecule has 0 aromatic carbocycles. The van der Waals surface area contributed by atoms with Crippen LogP contribution in [0.5, 0.6) is 0 Å². The maximum atomic E-state index is 10.3. The Morgan fingerprint density at radius 1 is 1.06 bits per heavy atom. The molecule has 4 saturated carbocycles. The minimum atomic E-state index is 0.623. The molecule has 2 heteroatoms. The van der Waals surface area contributed by atoms with E-state index >= 15 is 0 Å². The molecule has 1 N–H and O–H groups in total. The fourth-order valence-corrected chi connectivity index (χ4v) is 5.02. The number of aldehydes is 1. The summed E-state index contributed by atoms with van der Waals surface area (Å²) in [5.41, 5.74) is 0.623. The van der Waals surface area contributed by atoms with Gasteiger partial charge in [-0.3, -0.25) is 0 Å². The molecule has 0 aromatic rings. The third-order valence-electron chi connectivity index (χ3n) is 5.10. The van der Waals surface area contributed by atoms with Gasteiger partial charge in [0.1, 0.15) is 6.29 Å². The third-order valence-corrected chi connectivity index (χ3v) is 5.10. The van der Waals surface area contributed by atoms with E-state index in [9.17, 15) is 4.79 Å². The summed E-state index contributed by atoms with van der Waals surface area (Å²) in [6.45, 7) is 2.05. The fraction of sp³-hybridized carbons (Fsp3) is 0.929. The van der Waals surface area contributed by atoms with Crippen LogP contribution in [0.2, 0.25) is 0 Å². The van der Waals surface area contributed by atoms with Gasteiger partial charge in [-0.2, -0.15) is 0 Å². The average Bonchev–Trinajstić information content (AvgIpc) is 2.22. The second kappa shape index (κ2) is 4.14.